The molecule has 3 heteroatoms. The van der Waals surface area contributed by atoms with E-state index >= 15 is 0 Å². The third kappa shape index (κ3) is 2.66. The zero-order valence-electron chi connectivity index (χ0n) is 8.81. The van der Waals surface area contributed by atoms with Crippen LogP contribution in [0.4, 0.5) is 8.78 Å². The van der Waals surface area contributed by atoms with Crippen molar-refractivity contribution >= 4 is 0 Å². The highest BCUT2D eigenvalue weighted by Crippen LogP contribution is 2.59. The topological polar surface area (TPSA) is 20.2 Å². The molecule has 0 amide bonds. The van der Waals surface area contributed by atoms with Gasteiger partial charge in [0.1, 0.15) is 0 Å². The van der Waals surface area contributed by atoms with Gasteiger partial charge in [0.25, 0.3) is 5.92 Å². The first kappa shape index (κ1) is 11.9. The van der Waals surface area contributed by atoms with Gasteiger partial charge in [-0.25, -0.2) is 8.78 Å². The Labute approximate surface area is 84.5 Å². The molecule has 1 saturated carbocycles. The molecule has 0 heterocycles. The quantitative estimate of drug-likeness (QED) is 0.634. The van der Waals surface area contributed by atoms with Crippen LogP contribution in [0.1, 0.15) is 45.4 Å². The number of hydrogen-bond acceptors (Lipinski definition) is 1. The van der Waals surface area contributed by atoms with Crippen molar-refractivity contribution in [2.75, 3.05) is 6.61 Å². The fourth-order valence-electron chi connectivity index (χ4n) is 2.18. The van der Waals surface area contributed by atoms with E-state index in [1.165, 1.54) is 0 Å². The van der Waals surface area contributed by atoms with E-state index in [4.69, 9.17) is 5.11 Å². The summed E-state index contributed by atoms with van der Waals surface area (Å²) >= 11 is 0. The molecule has 14 heavy (non-hydrogen) atoms. The maximum absolute atomic E-state index is 13.0. The summed E-state index contributed by atoms with van der Waals surface area (Å²) in [5.74, 6) is -3.45. The summed E-state index contributed by atoms with van der Waals surface area (Å²) in [6, 6.07) is 0. The first-order valence-electron chi connectivity index (χ1n) is 5.63. The molecule has 0 aromatic carbocycles. The Bertz CT molecular complexity index is 171. The minimum Gasteiger partial charge on any atom is -0.396 e. The van der Waals surface area contributed by atoms with Crippen LogP contribution < -0.4 is 0 Å². The molecular formula is C11H20F2O. The molecule has 84 valence electrons. The molecule has 0 spiro atoms. The fourth-order valence-corrected chi connectivity index (χ4v) is 2.18. The van der Waals surface area contributed by atoms with Gasteiger partial charge in [-0.15, -0.1) is 0 Å². The summed E-state index contributed by atoms with van der Waals surface area (Å²) in [5, 5.41) is 8.60. The summed E-state index contributed by atoms with van der Waals surface area (Å²) in [4.78, 5) is 0. The summed E-state index contributed by atoms with van der Waals surface area (Å²) in [5.41, 5.74) is 0. The minimum absolute atomic E-state index is 0.105. The lowest BCUT2D eigenvalue weighted by Gasteiger charge is -1.97. The largest absolute Gasteiger partial charge is 0.396 e. The number of rotatable bonds is 7. The molecule has 1 aliphatic rings. The van der Waals surface area contributed by atoms with E-state index in [-0.39, 0.29) is 13.0 Å². The molecule has 1 fully saturated rings. The van der Waals surface area contributed by atoms with Crippen LogP contribution in [0.2, 0.25) is 0 Å². The molecule has 0 bridgehead atoms. The summed E-state index contributed by atoms with van der Waals surface area (Å²) < 4.78 is 26.1. The van der Waals surface area contributed by atoms with Crippen molar-refractivity contribution in [3.05, 3.63) is 0 Å². The zero-order valence-corrected chi connectivity index (χ0v) is 8.81. The lowest BCUT2D eigenvalue weighted by molar-refractivity contribution is 0.0776. The van der Waals surface area contributed by atoms with Gasteiger partial charge in [0.05, 0.1) is 0 Å². The van der Waals surface area contributed by atoms with E-state index in [0.717, 1.165) is 25.7 Å². The third-order valence-electron chi connectivity index (χ3n) is 3.17. The Hall–Kier alpha value is -0.180. The van der Waals surface area contributed by atoms with Gasteiger partial charge in [-0.1, -0.05) is 32.6 Å². The van der Waals surface area contributed by atoms with E-state index in [9.17, 15) is 8.78 Å². The van der Waals surface area contributed by atoms with Crippen LogP contribution in [-0.4, -0.2) is 17.6 Å². The second-order valence-electron chi connectivity index (χ2n) is 4.25. The molecule has 0 radical (unpaired) electrons. The number of unbranched alkanes of at least 4 members (excludes halogenated alkanes) is 3. The van der Waals surface area contributed by atoms with Crippen LogP contribution >= 0.6 is 0 Å². The number of halogens is 2. The van der Waals surface area contributed by atoms with Crippen LogP contribution in [-0.2, 0) is 0 Å². The molecule has 0 aromatic rings. The highest BCUT2D eigenvalue weighted by atomic mass is 19.3. The number of hydrogen-bond donors (Lipinski definition) is 1. The van der Waals surface area contributed by atoms with Crippen molar-refractivity contribution in [3.63, 3.8) is 0 Å². The number of aliphatic hydroxyl groups excluding tert-OH is 1. The van der Waals surface area contributed by atoms with Crippen LogP contribution in [0, 0.1) is 11.8 Å². The van der Waals surface area contributed by atoms with Crippen LogP contribution in [0.15, 0.2) is 0 Å². The molecule has 1 N–H and O–H groups in total. The standard InChI is InChI=1S/C11H20F2O/c1-2-3-4-5-6-9-10(7-8-14)11(9,12)13/h9-10,14H,2-8H2,1H3. The van der Waals surface area contributed by atoms with Gasteiger partial charge in [-0.2, -0.15) is 0 Å². The second-order valence-corrected chi connectivity index (χ2v) is 4.25. The number of alkyl halides is 2. The summed E-state index contributed by atoms with van der Waals surface area (Å²) in [7, 11) is 0. The van der Waals surface area contributed by atoms with Gasteiger partial charge in [0.2, 0.25) is 0 Å². The molecule has 0 saturated heterocycles. The predicted molar refractivity (Wildman–Crippen MR) is 52.4 cm³/mol. The molecule has 2 atom stereocenters. The average molecular weight is 206 g/mol. The normalized spacial score (nSPS) is 29.1. The lowest BCUT2D eigenvalue weighted by atomic mass is 10.1. The smallest absolute Gasteiger partial charge is 0.254 e. The van der Waals surface area contributed by atoms with Crippen LogP contribution in [0.3, 0.4) is 0 Å². The van der Waals surface area contributed by atoms with Crippen molar-refractivity contribution in [1.29, 1.82) is 0 Å². The van der Waals surface area contributed by atoms with Crippen LogP contribution in [0.25, 0.3) is 0 Å². The SMILES string of the molecule is CCCCCCC1C(CCO)C1(F)F. The maximum Gasteiger partial charge on any atom is 0.254 e. The minimum atomic E-state index is -2.48. The van der Waals surface area contributed by atoms with Crippen molar-refractivity contribution < 1.29 is 13.9 Å². The predicted octanol–water partition coefficient (Wildman–Crippen LogP) is 3.22. The number of aliphatic hydroxyl groups is 1. The Kier molecular flexibility index (Phi) is 4.30. The highest BCUT2D eigenvalue weighted by molar-refractivity contribution is 5.04. The van der Waals surface area contributed by atoms with E-state index < -0.39 is 17.8 Å². The first-order chi connectivity index (χ1) is 6.64. The Morgan fingerprint density at radius 2 is 1.71 bits per heavy atom. The Morgan fingerprint density at radius 3 is 2.29 bits per heavy atom. The van der Waals surface area contributed by atoms with Gasteiger partial charge < -0.3 is 5.11 Å². The Balaban J connectivity index is 2.13. The molecule has 1 rings (SSSR count). The lowest BCUT2D eigenvalue weighted by Crippen LogP contribution is -1.96. The van der Waals surface area contributed by atoms with Crippen molar-refractivity contribution in [1.82, 2.24) is 0 Å². The monoisotopic (exact) mass is 206 g/mol. The molecule has 1 aliphatic carbocycles. The van der Waals surface area contributed by atoms with Crippen molar-refractivity contribution in [2.24, 2.45) is 11.8 Å². The molecule has 2 unspecified atom stereocenters. The van der Waals surface area contributed by atoms with Gasteiger partial charge in [0, 0.05) is 18.4 Å². The molecular weight excluding hydrogens is 186 g/mol. The fraction of sp³-hybridized carbons (Fsp3) is 1.00. The van der Waals surface area contributed by atoms with E-state index in [0.29, 0.717) is 6.42 Å². The highest BCUT2D eigenvalue weighted by Gasteiger charge is 2.66. The molecule has 0 aliphatic heterocycles. The van der Waals surface area contributed by atoms with Crippen molar-refractivity contribution in [3.8, 4) is 0 Å². The summed E-state index contributed by atoms with van der Waals surface area (Å²) in [6.45, 7) is 2.01. The van der Waals surface area contributed by atoms with Gasteiger partial charge in [-0.3, -0.25) is 0 Å². The van der Waals surface area contributed by atoms with E-state index in [1.807, 2.05) is 0 Å². The average Bonchev–Trinajstić information content (AvgIpc) is 2.64. The van der Waals surface area contributed by atoms with Crippen LogP contribution in [0.5, 0.6) is 0 Å². The van der Waals surface area contributed by atoms with E-state index in [1.54, 1.807) is 0 Å². The molecule has 1 nitrogen and oxygen atoms in total. The first-order valence-corrected chi connectivity index (χ1v) is 5.63. The van der Waals surface area contributed by atoms with Crippen molar-refractivity contribution in [2.45, 2.75) is 51.4 Å². The Morgan fingerprint density at radius 1 is 1.07 bits per heavy atom. The maximum atomic E-state index is 13.0. The third-order valence-corrected chi connectivity index (χ3v) is 3.17. The van der Waals surface area contributed by atoms with Gasteiger partial charge in [-0.05, 0) is 12.8 Å². The summed E-state index contributed by atoms with van der Waals surface area (Å²) in [6.07, 6.45) is 5.16. The second kappa shape index (κ2) is 5.06. The molecule has 0 aromatic heterocycles. The zero-order chi connectivity index (χ0) is 10.6. The van der Waals surface area contributed by atoms with E-state index in [2.05, 4.69) is 6.92 Å². The van der Waals surface area contributed by atoms with Gasteiger partial charge in [0.15, 0.2) is 0 Å². The van der Waals surface area contributed by atoms with Gasteiger partial charge >= 0.3 is 0 Å².